The number of methoxy groups -OCH3 is 1. The number of benzene rings is 1. The highest BCUT2D eigenvalue weighted by Crippen LogP contribution is 2.20. The summed E-state index contributed by atoms with van der Waals surface area (Å²) in [7, 11) is 5.00. The minimum atomic E-state index is -0.247. The van der Waals surface area contributed by atoms with Crippen LogP contribution < -0.4 is 15.4 Å². The first-order valence-corrected chi connectivity index (χ1v) is 5.74. The lowest BCUT2D eigenvalue weighted by atomic mass is 10.2. The summed E-state index contributed by atoms with van der Waals surface area (Å²) >= 11 is 0. The van der Waals surface area contributed by atoms with Gasteiger partial charge in [-0.2, -0.15) is 5.10 Å². The van der Waals surface area contributed by atoms with Crippen LogP contribution in [-0.4, -0.2) is 29.8 Å². The van der Waals surface area contributed by atoms with Gasteiger partial charge in [-0.05, 0) is 24.3 Å². The van der Waals surface area contributed by atoms with Crippen LogP contribution in [0.5, 0.6) is 5.75 Å². The number of nitrogens with zero attached hydrogens (tertiary/aromatic N) is 3. The van der Waals surface area contributed by atoms with Crippen molar-refractivity contribution < 1.29 is 9.53 Å². The monoisotopic (exact) mass is 260 g/mol. The van der Waals surface area contributed by atoms with E-state index < -0.39 is 0 Å². The Labute approximate surface area is 111 Å². The lowest BCUT2D eigenvalue weighted by molar-refractivity contribution is 0.0988. The highest BCUT2D eigenvalue weighted by molar-refractivity contribution is 6.07. The third-order valence-electron chi connectivity index (χ3n) is 2.82. The molecule has 0 saturated heterocycles. The van der Waals surface area contributed by atoms with Crippen LogP contribution in [0, 0.1) is 0 Å². The molecule has 100 valence electrons. The first kappa shape index (κ1) is 12.9. The Hall–Kier alpha value is -2.50. The van der Waals surface area contributed by atoms with E-state index in [1.165, 1.54) is 9.58 Å². The Kier molecular flexibility index (Phi) is 3.41. The molecule has 0 fully saturated rings. The molecule has 1 aromatic carbocycles. The number of ether oxygens (including phenoxy) is 1. The van der Waals surface area contributed by atoms with E-state index >= 15 is 0 Å². The molecule has 2 N–H and O–H groups in total. The maximum Gasteiger partial charge on any atom is 0.280 e. The fourth-order valence-corrected chi connectivity index (χ4v) is 1.75. The third kappa shape index (κ3) is 2.52. The molecular weight excluding hydrogens is 244 g/mol. The van der Waals surface area contributed by atoms with Crippen LogP contribution >= 0.6 is 0 Å². The molecule has 6 nitrogen and oxygen atoms in total. The van der Waals surface area contributed by atoms with Crippen molar-refractivity contribution in [1.29, 1.82) is 0 Å². The molecule has 0 saturated carbocycles. The van der Waals surface area contributed by atoms with Gasteiger partial charge in [-0.15, -0.1) is 0 Å². The molecule has 6 heteroatoms. The van der Waals surface area contributed by atoms with Crippen LogP contribution in [-0.2, 0) is 7.05 Å². The quantitative estimate of drug-likeness (QED) is 0.902. The number of nitrogens with two attached hydrogens (primary N) is 1. The lowest BCUT2D eigenvalue weighted by Gasteiger charge is -2.16. The van der Waals surface area contributed by atoms with Gasteiger partial charge in [0.2, 0.25) is 0 Å². The summed E-state index contributed by atoms with van der Waals surface area (Å²) in [6.45, 7) is 0. The Morgan fingerprint density at radius 3 is 2.47 bits per heavy atom. The average Bonchev–Trinajstić information content (AvgIpc) is 2.76. The summed E-state index contributed by atoms with van der Waals surface area (Å²) in [5.41, 5.74) is 7.12. The molecule has 1 aromatic heterocycles. The smallest absolute Gasteiger partial charge is 0.280 e. The Balaban J connectivity index is 2.25. The minimum absolute atomic E-state index is 0.247. The number of aryl methyl sites for hydroxylation is 1. The van der Waals surface area contributed by atoms with Crippen molar-refractivity contribution in [2.45, 2.75) is 0 Å². The van der Waals surface area contributed by atoms with Gasteiger partial charge in [-0.3, -0.25) is 9.48 Å². The van der Waals surface area contributed by atoms with Gasteiger partial charge >= 0.3 is 0 Å². The van der Waals surface area contributed by atoms with Crippen molar-refractivity contribution >= 4 is 17.3 Å². The maximum atomic E-state index is 12.3. The van der Waals surface area contributed by atoms with Gasteiger partial charge < -0.3 is 15.4 Å². The normalized spacial score (nSPS) is 10.3. The Morgan fingerprint density at radius 2 is 2.00 bits per heavy atom. The predicted molar refractivity (Wildman–Crippen MR) is 73.3 cm³/mol. The first-order valence-electron chi connectivity index (χ1n) is 5.74. The van der Waals surface area contributed by atoms with E-state index in [1.54, 1.807) is 51.7 Å². The molecule has 0 aliphatic heterocycles. The summed E-state index contributed by atoms with van der Waals surface area (Å²) in [6, 6.07) is 7.19. The van der Waals surface area contributed by atoms with Crippen LogP contribution in [0.25, 0.3) is 0 Å². The third-order valence-corrected chi connectivity index (χ3v) is 2.82. The van der Waals surface area contributed by atoms with Gasteiger partial charge in [0, 0.05) is 26.0 Å². The summed E-state index contributed by atoms with van der Waals surface area (Å²) < 4.78 is 6.60. The van der Waals surface area contributed by atoms with Gasteiger partial charge in [-0.25, -0.2) is 0 Å². The fourth-order valence-electron chi connectivity index (χ4n) is 1.75. The van der Waals surface area contributed by atoms with Crippen molar-refractivity contribution in [3.8, 4) is 5.75 Å². The van der Waals surface area contributed by atoms with Gasteiger partial charge in [0.05, 0.1) is 12.8 Å². The number of rotatable bonds is 3. The molecular formula is C13H16N4O2. The summed E-state index contributed by atoms with van der Waals surface area (Å²) in [4.78, 5) is 13.8. The molecule has 2 aromatic rings. The molecule has 19 heavy (non-hydrogen) atoms. The topological polar surface area (TPSA) is 73.4 Å². The molecule has 1 amide bonds. The van der Waals surface area contributed by atoms with E-state index in [-0.39, 0.29) is 11.6 Å². The molecule has 0 aliphatic rings. The van der Waals surface area contributed by atoms with Gasteiger partial charge in [0.15, 0.2) is 5.69 Å². The Morgan fingerprint density at radius 1 is 1.37 bits per heavy atom. The van der Waals surface area contributed by atoms with E-state index in [4.69, 9.17) is 10.5 Å². The van der Waals surface area contributed by atoms with Crippen molar-refractivity contribution in [2.24, 2.45) is 7.05 Å². The van der Waals surface area contributed by atoms with Crippen molar-refractivity contribution in [3.63, 3.8) is 0 Å². The number of nitrogen functional groups attached to an aromatic ring is 1. The molecule has 0 radical (unpaired) electrons. The number of amides is 1. The SMILES string of the molecule is COc1ccc(N(C)C(=O)c2nn(C)cc2N)cc1. The molecule has 0 spiro atoms. The van der Waals surface area contributed by atoms with Crippen molar-refractivity contribution in [3.05, 3.63) is 36.2 Å². The highest BCUT2D eigenvalue weighted by atomic mass is 16.5. The second kappa shape index (κ2) is 5.01. The largest absolute Gasteiger partial charge is 0.497 e. The lowest BCUT2D eigenvalue weighted by Crippen LogP contribution is -2.27. The van der Waals surface area contributed by atoms with Crippen LogP contribution in [0.1, 0.15) is 10.5 Å². The Bertz CT molecular complexity index is 589. The predicted octanol–water partition coefficient (Wildman–Crippen LogP) is 1.29. The van der Waals surface area contributed by atoms with Gasteiger partial charge in [0.25, 0.3) is 5.91 Å². The van der Waals surface area contributed by atoms with E-state index in [2.05, 4.69) is 5.10 Å². The summed E-state index contributed by atoms with van der Waals surface area (Å²) in [5, 5.41) is 4.07. The van der Waals surface area contributed by atoms with Crippen LogP contribution in [0.2, 0.25) is 0 Å². The second-order valence-electron chi connectivity index (χ2n) is 4.17. The number of aromatic nitrogens is 2. The first-order chi connectivity index (χ1) is 9.02. The number of carbonyl (C=O) groups is 1. The zero-order chi connectivity index (χ0) is 14.0. The van der Waals surface area contributed by atoms with Crippen LogP contribution in [0.3, 0.4) is 0 Å². The van der Waals surface area contributed by atoms with E-state index in [0.717, 1.165) is 11.4 Å². The molecule has 0 unspecified atom stereocenters. The molecule has 1 heterocycles. The highest BCUT2D eigenvalue weighted by Gasteiger charge is 2.19. The summed E-state index contributed by atoms with van der Waals surface area (Å²) in [6.07, 6.45) is 1.61. The van der Waals surface area contributed by atoms with Crippen molar-refractivity contribution in [2.75, 3.05) is 24.8 Å². The van der Waals surface area contributed by atoms with Crippen LogP contribution in [0.4, 0.5) is 11.4 Å². The molecule has 0 aliphatic carbocycles. The number of carbonyl (C=O) groups excluding carboxylic acids is 1. The maximum absolute atomic E-state index is 12.3. The van der Waals surface area contributed by atoms with Crippen molar-refractivity contribution in [1.82, 2.24) is 9.78 Å². The zero-order valence-electron chi connectivity index (χ0n) is 11.1. The van der Waals surface area contributed by atoms with E-state index in [1.807, 2.05) is 0 Å². The number of hydrogen-bond donors (Lipinski definition) is 1. The molecule has 2 rings (SSSR count). The zero-order valence-corrected chi connectivity index (χ0v) is 11.1. The summed E-state index contributed by atoms with van der Waals surface area (Å²) in [5.74, 6) is 0.491. The minimum Gasteiger partial charge on any atom is -0.497 e. The number of hydrogen-bond acceptors (Lipinski definition) is 4. The molecule has 0 atom stereocenters. The molecule has 0 bridgehead atoms. The average molecular weight is 260 g/mol. The van der Waals surface area contributed by atoms with Gasteiger partial charge in [0.1, 0.15) is 5.75 Å². The number of anilines is 2. The standard InChI is InChI=1S/C13H16N4O2/c1-16-8-11(14)12(15-16)13(18)17(2)9-4-6-10(19-3)7-5-9/h4-8H,14H2,1-3H3. The van der Waals surface area contributed by atoms with Gasteiger partial charge in [-0.1, -0.05) is 0 Å². The van der Waals surface area contributed by atoms with Crippen LogP contribution in [0.15, 0.2) is 30.5 Å². The van der Waals surface area contributed by atoms with E-state index in [0.29, 0.717) is 5.69 Å². The van der Waals surface area contributed by atoms with E-state index in [9.17, 15) is 4.79 Å². The fraction of sp³-hybridized carbons (Fsp3) is 0.231. The second-order valence-corrected chi connectivity index (χ2v) is 4.17.